The predicted molar refractivity (Wildman–Crippen MR) is 62.3 cm³/mol. The summed E-state index contributed by atoms with van der Waals surface area (Å²) in [5.41, 5.74) is -1.96. The molecule has 6 atom stereocenters. The molecule has 1 unspecified atom stereocenters. The Morgan fingerprint density at radius 1 is 1.25 bits per heavy atom. The van der Waals surface area contributed by atoms with Gasteiger partial charge in [-0.15, -0.1) is 0 Å². The minimum Gasteiger partial charge on any atom is -0.480 e. The van der Waals surface area contributed by atoms with E-state index in [1.54, 1.807) is 0 Å². The van der Waals surface area contributed by atoms with Crippen LogP contribution in [0.2, 0.25) is 0 Å². The summed E-state index contributed by atoms with van der Waals surface area (Å²) in [6, 6.07) is -1.01. The second-order valence-electron chi connectivity index (χ2n) is 5.13. The first-order valence-electron chi connectivity index (χ1n) is 6.35. The van der Waals surface area contributed by atoms with Gasteiger partial charge >= 0.3 is 5.97 Å². The van der Waals surface area contributed by atoms with Gasteiger partial charge in [-0.05, 0) is 12.8 Å². The zero-order valence-electron chi connectivity index (χ0n) is 10.7. The van der Waals surface area contributed by atoms with E-state index in [0.717, 1.165) is 0 Å². The normalized spacial score (nSPS) is 46.5. The van der Waals surface area contributed by atoms with E-state index in [1.165, 1.54) is 4.90 Å². The number of nitrogens with zero attached hydrogens (tertiary/aromatic N) is 1. The molecule has 2 fully saturated rings. The van der Waals surface area contributed by atoms with Crippen molar-refractivity contribution in [3.8, 4) is 0 Å². The first-order valence-corrected chi connectivity index (χ1v) is 6.35. The maximum atomic E-state index is 11.2. The van der Waals surface area contributed by atoms with E-state index < -0.39 is 48.9 Å². The van der Waals surface area contributed by atoms with E-state index in [4.69, 9.17) is 9.84 Å². The lowest BCUT2D eigenvalue weighted by molar-refractivity contribution is -0.366. The molecule has 20 heavy (non-hydrogen) atoms. The summed E-state index contributed by atoms with van der Waals surface area (Å²) in [4.78, 5) is 12.4. The number of likely N-dealkylation sites (tertiary alicyclic amines) is 1. The van der Waals surface area contributed by atoms with Gasteiger partial charge in [-0.3, -0.25) is 9.69 Å². The predicted octanol–water partition coefficient (Wildman–Crippen LogP) is -3.34. The van der Waals surface area contributed by atoms with Gasteiger partial charge in [-0.2, -0.15) is 0 Å². The highest BCUT2D eigenvalue weighted by Gasteiger charge is 2.59. The summed E-state index contributed by atoms with van der Waals surface area (Å²) in [5, 5.41) is 57.6. The molecular weight excluding hydrogens is 274 g/mol. The molecule has 0 aliphatic carbocycles. The smallest absolute Gasteiger partial charge is 0.321 e. The molecule has 6 N–H and O–H groups in total. The number of carboxylic acid groups (broad SMARTS) is 1. The summed E-state index contributed by atoms with van der Waals surface area (Å²) >= 11 is 0. The van der Waals surface area contributed by atoms with Crippen molar-refractivity contribution in [3.63, 3.8) is 0 Å². The second kappa shape index (κ2) is 5.53. The van der Waals surface area contributed by atoms with Gasteiger partial charge in [0, 0.05) is 6.54 Å². The molecular formula is C11H19NO8. The molecule has 0 aromatic rings. The summed E-state index contributed by atoms with van der Waals surface area (Å²) < 4.78 is 5.09. The number of carbonyl (C=O) groups is 1. The molecule has 2 heterocycles. The van der Waals surface area contributed by atoms with Gasteiger partial charge < -0.3 is 35.4 Å². The monoisotopic (exact) mass is 293 g/mol. The number of aliphatic hydroxyl groups excluding tert-OH is 5. The fourth-order valence-corrected chi connectivity index (χ4v) is 2.91. The molecule has 0 aromatic carbocycles. The van der Waals surface area contributed by atoms with Gasteiger partial charge in [0.15, 0.2) is 12.0 Å². The molecule has 0 spiro atoms. The Kier molecular flexibility index (Phi) is 4.30. The number of hydrogen-bond acceptors (Lipinski definition) is 8. The van der Waals surface area contributed by atoms with E-state index in [-0.39, 0.29) is 6.54 Å². The Balaban J connectivity index is 2.35. The zero-order chi connectivity index (χ0) is 15.1. The number of carboxylic acids is 1. The molecule has 2 rings (SSSR count). The standard InChI is InChI=1S/C11H19NO8/c13-4-11(12-3-1-2-5(12)9(17)18)8(16)6(14)7(15)10(19)20-11/h5-8,10,13-16,19H,1-4H2,(H,17,18)/t5-,6+,7+,8-,10?,11+/m0/s1. The number of rotatable bonds is 3. The van der Waals surface area contributed by atoms with Gasteiger partial charge in [0.05, 0.1) is 6.61 Å². The Morgan fingerprint density at radius 3 is 2.45 bits per heavy atom. The third-order valence-electron chi connectivity index (χ3n) is 4.00. The summed E-state index contributed by atoms with van der Waals surface area (Å²) in [7, 11) is 0. The van der Waals surface area contributed by atoms with Crippen LogP contribution in [-0.2, 0) is 9.53 Å². The Labute approximate surface area is 114 Å². The summed E-state index contributed by atoms with van der Waals surface area (Å²) in [6.45, 7) is -0.622. The van der Waals surface area contributed by atoms with Crippen LogP contribution in [0.4, 0.5) is 0 Å². The quantitative estimate of drug-likeness (QED) is 0.313. The average molecular weight is 293 g/mol. The molecule has 0 amide bonds. The van der Waals surface area contributed by atoms with E-state index in [1.807, 2.05) is 0 Å². The minimum atomic E-state index is -1.96. The van der Waals surface area contributed by atoms with Crippen LogP contribution in [0, 0.1) is 0 Å². The van der Waals surface area contributed by atoms with Crippen LogP contribution >= 0.6 is 0 Å². The van der Waals surface area contributed by atoms with Crippen molar-refractivity contribution < 1.29 is 40.2 Å². The second-order valence-corrected chi connectivity index (χ2v) is 5.13. The highest BCUT2D eigenvalue weighted by molar-refractivity contribution is 5.74. The molecule has 0 saturated carbocycles. The van der Waals surface area contributed by atoms with Crippen molar-refractivity contribution in [1.29, 1.82) is 0 Å². The zero-order valence-corrected chi connectivity index (χ0v) is 10.7. The molecule has 2 saturated heterocycles. The first kappa shape index (κ1) is 15.6. The fraction of sp³-hybridized carbons (Fsp3) is 0.909. The molecule has 2 aliphatic heterocycles. The van der Waals surface area contributed by atoms with E-state index in [0.29, 0.717) is 12.8 Å². The lowest BCUT2D eigenvalue weighted by Gasteiger charge is -2.51. The number of hydrogen-bond donors (Lipinski definition) is 6. The largest absolute Gasteiger partial charge is 0.480 e. The Hall–Kier alpha value is -0.810. The van der Waals surface area contributed by atoms with Crippen LogP contribution in [0.15, 0.2) is 0 Å². The van der Waals surface area contributed by atoms with E-state index in [9.17, 15) is 30.3 Å². The summed E-state index contributed by atoms with van der Waals surface area (Å²) in [6.07, 6.45) is -6.30. The van der Waals surface area contributed by atoms with Crippen molar-refractivity contribution in [1.82, 2.24) is 4.90 Å². The Bertz CT molecular complexity index is 379. The molecule has 9 heteroatoms. The molecule has 0 radical (unpaired) electrons. The van der Waals surface area contributed by atoms with Crippen molar-refractivity contribution >= 4 is 5.97 Å². The third-order valence-corrected chi connectivity index (χ3v) is 4.00. The molecule has 0 aromatic heterocycles. The van der Waals surface area contributed by atoms with E-state index in [2.05, 4.69) is 0 Å². The maximum Gasteiger partial charge on any atom is 0.321 e. The SMILES string of the molecule is O=C(O)[C@@H]1CCCN1[C@]1(CO)OC(O)[C@H](O)[C@@H](O)[C@@H]1O. The third kappa shape index (κ3) is 2.21. The van der Waals surface area contributed by atoms with Crippen LogP contribution in [0.1, 0.15) is 12.8 Å². The highest BCUT2D eigenvalue weighted by atomic mass is 16.7. The molecule has 116 valence electrons. The van der Waals surface area contributed by atoms with Gasteiger partial charge in [0.2, 0.25) is 0 Å². The van der Waals surface area contributed by atoms with Gasteiger partial charge in [-0.25, -0.2) is 0 Å². The fourth-order valence-electron chi connectivity index (χ4n) is 2.91. The maximum absolute atomic E-state index is 11.2. The van der Waals surface area contributed by atoms with Crippen LogP contribution in [0.25, 0.3) is 0 Å². The van der Waals surface area contributed by atoms with Crippen molar-refractivity contribution in [2.75, 3.05) is 13.2 Å². The lowest BCUT2D eigenvalue weighted by Crippen LogP contribution is -2.73. The lowest BCUT2D eigenvalue weighted by atomic mass is 9.92. The van der Waals surface area contributed by atoms with Crippen LogP contribution in [0.5, 0.6) is 0 Å². The van der Waals surface area contributed by atoms with Crippen molar-refractivity contribution in [2.45, 2.75) is 49.2 Å². The highest BCUT2D eigenvalue weighted by Crippen LogP contribution is 2.37. The van der Waals surface area contributed by atoms with Crippen molar-refractivity contribution in [2.24, 2.45) is 0 Å². The first-order chi connectivity index (χ1) is 9.35. The van der Waals surface area contributed by atoms with Crippen LogP contribution < -0.4 is 0 Å². The minimum absolute atomic E-state index is 0.212. The molecule has 9 nitrogen and oxygen atoms in total. The van der Waals surface area contributed by atoms with E-state index >= 15 is 0 Å². The van der Waals surface area contributed by atoms with Crippen LogP contribution in [0.3, 0.4) is 0 Å². The van der Waals surface area contributed by atoms with Crippen molar-refractivity contribution in [3.05, 3.63) is 0 Å². The van der Waals surface area contributed by atoms with Gasteiger partial charge in [-0.1, -0.05) is 0 Å². The Morgan fingerprint density at radius 2 is 1.90 bits per heavy atom. The van der Waals surface area contributed by atoms with Crippen LogP contribution in [-0.4, -0.2) is 91.0 Å². The topological polar surface area (TPSA) is 151 Å². The number of aliphatic carboxylic acids is 1. The average Bonchev–Trinajstić information content (AvgIpc) is 2.90. The molecule has 2 aliphatic rings. The number of aliphatic hydroxyl groups is 5. The van der Waals surface area contributed by atoms with Gasteiger partial charge in [0.25, 0.3) is 0 Å². The number of ether oxygens (including phenoxy) is 1. The molecule has 0 bridgehead atoms. The van der Waals surface area contributed by atoms with Gasteiger partial charge in [0.1, 0.15) is 24.4 Å². The summed E-state index contributed by atoms with van der Waals surface area (Å²) in [5.74, 6) is -1.15.